The molecule has 19 heavy (non-hydrogen) atoms. The van der Waals surface area contributed by atoms with Crippen LogP contribution >= 0.6 is 11.3 Å². The molecule has 2 heterocycles. The molecule has 0 atom stereocenters. The Morgan fingerprint density at radius 2 is 2.26 bits per heavy atom. The second-order valence-electron chi connectivity index (χ2n) is 5.25. The van der Waals surface area contributed by atoms with Crippen molar-refractivity contribution >= 4 is 29.1 Å². The summed E-state index contributed by atoms with van der Waals surface area (Å²) < 4.78 is 0. The van der Waals surface area contributed by atoms with E-state index in [-0.39, 0.29) is 11.3 Å². The highest BCUT2D eigenvalue weighted by molar-refractivity contribution is 7.10. The maximum atomic E-state index is 11.7. The lowest BCUT2D eigenvalue weighted by atomic mass is 9.92. The fourth-order valence-electron chi connectivity index (χ4n) is 1.48. The summed E-state index contributed by atoms with van der Waals surface area (Å²) in [7, 11) is 0. The Hall–Kier alpha value is -1.88. The van der Waals surface area contributed by atoms with Gasteiger partial charge in [-0.05, 0) is 17.5 Å². The Morgan fingerprint density at radius 1 is 1.47 bits per heavy atom. The number of carbonyl (C=O) groups excluding carboxylic acids is 1. The van der Waals surface area contributed by atoms with Gasteiger partial charge in [0.25, 0.3) is 0 Å². The second kappa shape index (κ2) is 5.40. The van der Waals surface area contributed by atoms with Crippen LogP contribution < -0.4 is 5.32 Å². The van der Waals surface area contributed by atoms with Crippen molar-refractivity contribution in [3.63, 3.8) is 0 Å². The first-order chi connectivity index (χ1) is 8.95. The lowest BCUT2D eigenvalue weighted by Gasteiger charge is -2.14. The van der Waals surface area contributed by atoms with Crippen molar-refractivity contribution in [2.75, 3.05) is 5.32 Å². The van der Waals surface area contributed by atoms with Crippen LogP contribution in [0.3, 0.4) is 0 Å². The van der Waals surface area contributed by atoms with Gasteiger partial charge in [0.2, 0.25) is 5.91 Å². The molecular formula is C14H17N3OS. The normalized spacial score (nSPS) is 11.9. The van der Waals surface area contributed by atoms with Gasteiger partial charge >= 0.3 is 0 Å². The van der Waals surface area contributed by atoms with E-state index in [0.717, 1.165) is 10.6 Å². The number of rotatable bonds is 3. The number of carbonyl (C=O) groups is 1. The van der Waals surface area contributed by atoms with Crippen LogP contribution in [0.1, 0.15) is 31.3 Å². The quantitative estimate of drug-likeness (QED) is 0.843. The van der Waals surface area contributed by atoms with Crippen molar-refractivity contribution in [2.45, 2.75) is 26.2 Å². The summed E-state index contributed by atoms with van der Waals surface area (Å²) in [5, 5.41) is 11.7. The van der Waals surface area contributed by atoms with E-state index in [2.05, 4.69) is 36.3 Å². The van der Waals surface area contributed by atoms with Crippen LogP contribution in [-0.4, -0.2) is 16.1 Å². The third kappa shape index (κ3) is 3.79. The lowest BCUT2D eigenvalue weighted by molar-refractivity contribution is -0.111. The van der Waals surface area contributed by atoms with Crippen LogP contribution in [0.5, 0.6) is 0 Å². The van der Waals surface area contributed by atoms with Crippen LogP contribution in [0.25, 0.3) is 6.08 Å². The Bertz CT molecular complexity index is 576. The molecule has 0 aliphatic carbocycles. The summed E-state index contributed by atoms with van der Waals surface area (Å²) in [4.78, 5) is 12.8. The molecule has 2 rings (SSSR count). The molecule has 4 nitrogen and oxygen atoms in total. The number of H-pyrrole nitrogens is 1. The molecule has 100 valence electrons. The molecule has 5 heteroatoms. The lowest BCUT2D eigenvalue weighted by Crippen LogP contribution is -2.11. The van der Waals surface area contributed by atoms with E-state index in [1.165, 1.54) is 6.08 Å². The standard InChI is InChI=1S/C14H17N3OS/c1-14(2,3)11-9-12(17-16-11)15-13(18)7-6-10-5-4-8-19-10/h4-9H,1-3H3,(H2,15,16,17,18)/b7-6+. The fraction of sp³-hybridized carbons (Fsp3) is 0.286. The molecule has 2 aromatic heterocycles. The van der Waals surface area contributed by atoms with E-state index >= 15 is 0 Å². The Morgan fingerprint density at radius 3 is 2.84 bits per heavy atom. The van der Waals surface area contributed by atoms with E-state index in [0.29, 0.717) is 5.82 Å². The summed E-state index contributed by atoms with van der Waals surface area (Å²) >= 11 is 1.59. The number of aromatic amines is 1. The number of amides is 1. The van der Waals surface area contributed by atoms with E-state index in [1.807, 2.05) is 23.6 Å². The number of anilines is 1. The maximum Gasteiger partial charge on any atom is 0.249 e. The summed E-state index contributed by atoms with van der Waals surface area (Å²) in [6.07, 6.45) is 3.30. The number of nitrogens with one attached hydrogen (secondary N) is 2. The van der Waals surface area contributed by atoms with Crippen LogP contribution in [0, 0.1) is 0 Å². The molecule has 0 aliphatic heterocycles. The molecule has 0 fully saturated rings. The van der Waals surface area contributed by atoms with Crippen molar-refractivity contribution < 1.29 is 4.79 Å². The summed E-state index contributed by atoms with van der Waals surface area (Å²) in [6, 6.07) is 5.77. The smallest absolute Gasteiger partial charge is 0.249 e. The van der Waals surface area contributed by atoms with E-state index in [4.69, 9.17) is 0 Å². The topological polar surface area (TPSA) is 57.8 Å². The summed E-state index contributed by atoms with van der Waals surface area (Å²) in [6.45, 7) is 6.26. The zero-order valence-electron chi connectivity index (χ0n) is 11.2. The van der Waals surface area contributed by atoms with E-state index < -0.39 is 0 Å². The predicted molar refractivity (Wildman–Crippen MR) is 79.3 cm³/mol. The molecule has 0 saturated carbocycles. The van der Waals surface area contributed by atoms with Crippen LogP contribution in [-0.2, 0) is 10.2 Å². The zero-order chi connectivity index (χ0) is 13.9. The Kier molecular flexibility index (Phi) is 3.85. The SMILES string of the molecule is CC(C)(C)c1cc(NC(=O)/C=C/c2cccs2)n[nH]1. The monoisotopic (exact) mass is 275 g/mol. The first-order valence-corrected chi connectivity index (χ1v) is 6.91. The first-order valence-electron chi connectivity index (χ1n) is 6.03. The van der Waals surface area contributed by atoms with Crippen molar-refractivity contribution in [1.82, 2.24) is 10.2 Å². The van der Waals surface area contributed by atoms with Gasteiger partial charge in [-0.25, -0.2) is 0 Å². The fourth-order valence-corrected chi connectivity index (χ4v) is 2.10. The van der Waals surface area contributed by atoms with Crippen molar-refractivity contribution in [2.24, 2.45) is 0 Å². The number of nitrogens with zero attached hydrogens (tertiary/aromatic N) is 1. The maximum absolute atomic E-state index is 11.7. The van der Waals surface area contributed by atoms with E-state index in [9.17, 15) is 4.79 Å². The minimum Gasteiger partial charge on any atom is -0.306 e. The van der Waals surface area contributed by atoms with Crippen LogP contribution in [0.15, 0.2) is 29.7 Å². The largest absolute Gasteiger partial charge is 0.306 e. The first kappa shape index (κ1) is 13.5. The number of aromatic nitrogens is 2. The van der Waals surface area contributed by atoms with Gasteiger partial charge in [0.1, 0.15) is 0 Å². The minimum atomic E-state index is -0.180. The summed E-state index contributed by atoms with van der Waals surface area (Å²) in [5.41, 5.74) is 0.980. The van der Waals surface area contributed by atoms with Crippen molar-refractivity contribution in [3.05, 3.63) is 40.2 Å². The predicted octanol–water partition coefficient (Wildman–Crippen LogP) is 3.42. The van der Waals surface area contributed by atoms with Gasteiger partial charge in [0, 0.05) is 28.1 Å². The third-order valence-corrected chi connectivity index (χ3v) is 3.42. The molecule has 0 radical (unpaired) electrons. The van der Waals surface area contributed by atoms with Crippen LogP contribution in [0.2, 0.25) is 0 Å². The molecular weight excluding hydrogens is 258 g/mol. The molecule has 2 N–H and O–H groups in total. The van der Waals surface area contributed by atoms with E-state index in [1.54, 1.807) is 17.4 Å². The molecule has 0 bridgehead atoms. The zero-order valence-corrected chi connectivity index (χ0v) is 12.0. The molecule has 0 unspecified atom stereocenters. The minimum absolute atomic E-state index is 0.0111. The Labute approximate surface area is 116 Å². The second-order valence-corrected chi connectivity index (χ2v) is 6.23. The van der Waals surface area contributed by atoms with Gasteiger partial charge in [-0.2, -0.15) is 5.10 Å². The third-order valence-electron chi connectivity index (χ3n) is 2.58. The Balaban J connectivity index is 1.98. The average molecular weight is 275 g/mol. The van der Waals surface area contributed by atoms with Crippen LogP contribution in [0.4, 0.5) is 5.82 Å². The van der Waals surface area contributed by atoms with Gasteiger partial charge < -0.3 is 5.32 Å². The van der Waals surface area contributed by atoms with Gasteiger partial charge in [0.05, 0.1) is 0 Å². The molecule has 1 amide bonds. The van der Waals surface area contributed by atoms with Gasteiger partial charge in [0.15, 0.2) is 5.82 Å². The summed E-state index contributed by atoms with van der Waals surface area (Å²) in [5.74, 6) is 0.367. The average Bonchev–Trinajstić information content (AvgIpc) is 2.95. The number of thiophene rings is 1. The van der Waals surface area contributed by atoms with Crippen molar-refractivity contribution in [1.29, 1.82) is 0 Å². The molecule has 0 saturated heterocycles. The van der Waals surface area contributed by atoms with Gasteiger partial charge in [-0.15, -0.1) is 11.3 Å². The van der Waals surface area contributed by atoms with Crippen molar-refractivity contribution in [3.8, 4) is 0 Å². The van der Waals surface area contributed by atoms with Gasteiger partial charge in [-0.1, -0.05) is 26.8 Å². The highest BCUT2D eigenvalue weighted by atomic mass is 32.1. The number of hydrogen-bond acceptors (Lipinski definition) is 3. The molecule has 0 spiro atoms. The molecule has 0 aromatic carbocycles. The number of hydrogen-bond donors (Lipinski definition) is 2. The molecule has 2 aromatic rings. The highest BCUT2D eigenvalue weighted by Crippen LogP contribution is 2.21. The molecule has 0 aliphatic rings. The highest BCUT2D eigenvalue weighted by Gasteiger charge is 2.16. The van der Waals surface area contributed by atoms with Gasteiger partial charge in [-0.3, -0.25) is 9.89 Å².